The number of amides is 1. The van der Waals surface area contributed by atoms with Gasteiger partial charge in [0, 0.05) is 23.9 Å². The Hall–Kier alpha value is -3.02. The summed E-state index contributed by atoms with van der Waals surface area (Å²) in [6, 6.07) is 13.2. The van der Waals surface area contributed by atoms with E-state index in [1.807, 2.05) is 56.3 Å². The van der Waals surface area contributed by atoms with E-state index in [0.717, 1.165) is 16.7 Å². The molecule has 2 aromatic carbocycles. The molecule has 0 saturated heterocycles. The van der Waals surface area contributed by atoms with E-state index in [2.05, 4.69) is 20.8 Å². The summed E-state index contributed by atoms with van der Waals surface area (Å²) in [4.78, 5) is 12.4. The van der Waals surface area contributed by atoms with Gasteiger partial charge in [-0.05, 0) is 48.5 Å². The summed E-state index contributed by atoms with van der Waals surface area (Å²) in [6.45, 7) is 3.96. The van der Waals surface area contributed by atoms with Crippen molar-refractivity contribution < 1.29 is 4.79 Å². The van der Waals surface area contributed by atoms with Gasteiger partial charge in [0.15, 0.2) is 5.82 Å². The largest absolute Gasteiger partial charge is 0.322 e. The number of hydrogen-bond donors (Lipinski definition) is 1. The van der Waals surface area contributed by atoms with Crippen molar-refractivity contribution in [1.82, 2.24) is 20.2 Å². The number of benzene rings is 2. The highest BCUT2D eigenvalue weighted by Crippen LogP contribution is 2.20. The first-order chi connectivity index (χ1) is 11.0. The van der Waals surface area contributed by atoms with Crippen LogP contribution in [0.25, 0.3) is 11.4 Å². The molecule has 1 N–H and O–H groups in total. The Bertz CT molecular complexity index is 849. The maximum atomic E-state index is 12.4. The van der Waals surface area contributed by atoms with Crippen LogP contribution in [0.5, 0.6) is 0 Å². The second-order valence-corrected chi connectivity index (χ2v) is 5.54. The minimum absolute atomic E-state index is 0.134. The molecule has 0 atom stereocenters. The number of aromatic nitrogens is 4. The van der Waals surface area contributed by atoms with Gasteiger partial charge in [-0.15, -0.1) is 5.10 Å². The van der Waals surface area contributed by atoms with Crippen LogP contribution in [0.3, 0.4) is 0 Å². The van der Waals surface area contributed by atoms with Crippen LogP contribution < -0.4 is 5.32 Å². The van der Waals surface area contributed by atoms with Crippen LogP contribution in [0.4, 0.5) is 5.69 Å². The Labute approximate surface area is 134 Å². The SMILES string of the molecule is Cc1cc(C)cc(C(=O)Nc2cccc(-c3nnnn3C)c2)c1. The molecule has 1 heterocycles. The molecular weight excluding hydrogens is 290 g/mol. The van der Waals surface area contributed by atoms with Crippen LogP contribution >= 0.6 is 0 Å². The van der Waals surface area contributed by atoms with Crippen molar-refractivity contribution in [2.45, 2.75) is 13.8 Å². The molecule has 6 heteroatoms. The average Bonchev–Trinajstić information content (AvgIpc) is 2.92. The number of carbonyl (C=O) groups excluding carboxylic acids is 1. The van der Waals surface area contributed by atoms with Gasteiger partial charge in [0.1, 0.15) is 0 Å². The summed E-state index contributed by atoms with van der Waals surface area (Å²) >= 11 is 0. The molecular formula is C17H17N5O. The monoisotopic (exact) mass is 307 g/mol. The first-order valence-corrected chi connectivity index (χ1v) is 7.25. The smallest absolute Gasteiger partial charge is 0.255 e. The quantitative estimate of drug-likeness (QED) is 0.807. The Morgan fingerprint density at radius 3 is 2.48 bits per heavy atom. The van der Waals surface area contributed by atoms with Crippen molar-refractivity contribution in [3.63, 3.8) is 0 Å². The topological polar surface area (TPSA) is 72.7 Å². The van der Waals surface area contributed by atoms with Gasteiger partial charge in [0.05, 0.1) is 0 Å². The minimum Gasteiger partial charge on any atom is -0.322 e. The third kappa shape index (κ3) is 3.26. The lowest BCUT2D eigenvalue weighted by atomic mass is 10.1. The van der Waals surface area contributed by atoms with Crippen LogP contribution in [-0.2, 0) is 7.05 Å². The van der Waals surface area contributed by atoms with Crippen LogP contribution in [0.1, 0.15) is 21.5 Å². The summed E-state index contributed by atoms with van der Waals surface area (Å²) in [7, 11) is 1.77. The minimum atomic E-state index is -0.134. The predicted octanol–water partition coefficient (Wildman–Crippen LogP) is 2.75. The van der Waals surface area contributed by atoms with E-state index in [4.69, 9.17) is 0 Å². The second-order valence-electron chi connectivity index (χ2n) is 5.54. The first-order valence-electron chi connectivity index (χ1n) is 7.25. The molecule has 0 aliphatic carbocycles. The summed E-state index contributed by atoms with van der Waals surface area (Å²) < 4.78 is 1.59. The summed E-state index contributed by atoms with van der Waals surface area (Å²) in [5, 5.41) is 14.3. The van der Waals surface area contributed by atoms with Crippen molar-refractivity contribution in [1.29, 1.82) is 0 Å². The van der Waals surface area contributed by atoms with E-state index in [-0.39, 0.29) is 5.91 Å². The van der Waals surface area contributed by atoms with Gasteiger partial charge in [-0.2, -0.15) is 0 Å². The summed E-state index contributed by atoms with van der Waals surface area (Å²) in [5.41, 5.74) is 4.32. The number of rotatable bonds is 3. The Morgan fingerprint density at radius 1 is 1.09 bits per heavy atom. The van der Waals surface area contributed by atoms with Gasteiger partial charge >= 0.3 is 0 Å². The molecule has 3 aromatic rings. The van der Waals surface area contributed by atoms with Gasteiger partial charge in [-0.25, -0.2) is 4.68 Å². The lowest BCUT2D eigenvalue weighted by molar-refractivity contribution is 0.102. The molecule has 0 bridgehead atoms. The summed E-state index contributed by atoms with van der Waals surface area (Å²) in [6.07, 6.45) is 0. The molecule has 116 valence electrons. The van der Waals surface area contributed by atoms with E-state index >= 15 is 0 Å². The van der Waals surface area contributed by atoms with Crippen LogP contribution in [0.15, 0.2) is 42.5 Å². The third-order valence-corrected chi connectivity index (χ3v) is 3.48. The Morgan fingerprint density at radius 2 is 1.83 bits per heavy atom. The molecule has 0 spiro atoms. The van der Waals surface area contributed by atoms with Gasteiger partial charge in [0.25, 0.3) is 5.91 Å². The van der Waals surface area contributed by atoms with Gasteiger partial charge < -0.3 is 5.32 Å². The molecule has 3 rings (SSSR count). The molecule has 1 amide bonds. The summed E-state index contributed by atoms with van der Waals surface area (Å²) in [5.74, 6) is 0.512. The fourth-order valence-electron chi connectivity index (χ4n) is 2.52. The normalized spacial score (nSPS) is 10.6. The van der Waals surface area contributed by atoms with Crippen molar-refractivity contribution >= 4 is 11.6 Å². The van der Waals surface area contributed by atoms with Gasteiger partial charge in [-0.1, -0.05) is 29.3 Å². The molecule has 0 aliphatic rings. The highest BCUT2D eigenvalue weighted by Gasteiger charge is 2.10. The fraction of sp³-hybridized carbons (Fsp3) is 0.176. The number of tetrazole rings is 1. The molecule has 0 radical (unpaired) electrons. The Balaban J connectivity index is 1.86. The maximum Gasteiger partial charge on any atom is 0.255 e. The number of hydrogen-bond acceptors (Lipinski definition) is 4. The number of nitrogens with zero attached hydrogens (tertiary/aromatic N) is 4. The molecule has 23 heavy (non-hydrogen) atoms. The van der Waals surface area contributed by atoms with Crippen LogP contribution in [-0.4, -0.2) is 26.1 Å². The van der Waals surface area contributed by atoms with E-state index in [1.165, 1.54) is 0 Å². The molecule has 6 nitrogen and oxygen atoms in total. The maximum absolute atomic E-state index is 12.4. The van der Waals surface area contributed by atoms with Crippen LogP contribution in [0, 0.1) is 13.8 Å². The molecule has 0 aliphatic heterocycles. The van der Waals surface area contributed by atoms with Crippen LogP contribution in [0.2, 0.25) is 0 Å². The number of carbonyl (C=O) groups is 1. The standard InChI is InChI=1S/C17H17N5O/c1-11-7-12(2)9-14(8-11)17(23)18-15-6-4-5-13(10-15)16-19-20-21-22(16)3/h4-10H,1-3H3,(H,18,23). The van der Waals surface area contributed by atoms with Crippen molar-refractivity contribution in [2.75, 3.05) is 5.32 Å². The Kier molecular flexibility index (Phi) is 3.89. The number of aryl methyl sites for hydroxylation is 3. The zero-order valence-electron chi connectivity index (χ0n) is 13.2. The molecule has 0 unspecified atom stereocenters. The van der Waals surface area contributed by atoms with Crippen molar-refractivity contribution in [2.24, 2.45) is 7.05 Å². The lowest BCUT2D eigenvalue weighted by Gasteiger charge is -2.08. The second kappa shape index (κ2) is 6.00. The third-order valence-electron chi connectivity index (χ3n) is 3.48. The van der Waals surface area contributed by atoms with E-state index in [9.17, 15) is 4.79 Å². The van der Waals surface area contributed by atoms with E-state index < -0.39 is 0 Å². The zero-order chi connectivity index (χ0) is 16.4. The average molecular weight is 307 g/mol. The number of nitrogens with one attached hydrogen (secondary N) is 1. The zero-order valence-corrected chi connectivity index (χ0v) is 13.2. The molecule has 0 fully saturated rings. The van der Waals surface area contributed by atoms with Gasteiger partial charge in [-0.3, -0.25) is 4.79 Å². The number of anilines is 1. The van der Waals surface area contributed by atoms with Gasteiger partial charge in [0.2, 0.25) is 0 Å². The highest BCUT2D eigenvalue weighted by atomic mass is 16.1. The fourth-order valence-corrected chi connectivity index (χ4v) is 2.52. The highest BCUT2D eigenvalue weighted by molar-refractivity contribution is 6.04. The molecule has 1 aromatic heterocycles. The molecule has 0 saturated carbocycles. The first kappa shape index (κ1) is 14.9. The predicted molar refractivity (Wildman–Crippen MR) is 88.1 cm³/mol. The van der Waals surface area contributed by atoms with Crippen molar-refractivity contribution in [3.05, 3.63) is 59.2 Å². The van der Waals surface area contributed by atoms with E-state index in [1.54, 1.807) is 11.7 Å². The van der Waals surface area contributed by atoms with Crippen molar-refractivity contribution in [3.8, 4) is 11.4 Å². The van der Waals surface area contributed by atoms with E-state index in [0.29, 0.717) is 17.1 Å². The lowest BCUT2D eigenvalue weighted by Crippen LogP contribution is -2.12.